The van der Waals surface area contributed by atoms with Gasteiger partial charge in [0.15, 0.2) is 0 Å². The average molecular weight is 314 g/mol. The summed E-state index contributed by atoms with van der Waals surface area (Å²) in [5.74, 6) is 0.576. The molecule has 1 rings (SSSR count). The zero-order chi connectivity index (χ0) is 16.1. The second kappa shape index (κ2) is 7.20. The van der Waals surface area contributed by atoms with E-state index in [0.717, 1.165) is 13.0 Å². The van der Waals surface area contributed by atoms with Gasteiger partial charge in [-0.25, -0.2) is 18.1 Å². The zero-order valence-corrected chi connectivity index (χ0v) is 14.3. The van der Waals surface area contributed by atoms with Crippen molar-refractivity contribution in [2.24, 2.45) is 0 Å². The summed E-state index contributed by atoms with van der Waals surface area (Å²) in [5, 5.41) is 3.09. The maximum Gasteiger partial charge on any atom is 0.240 e. The third-order valence-corrected chi connectivity index (χ3v) is 4.90. The maximum absolute atomic E-state index is 12.3. The molecular formula is C14H26N4O2S. The largest absolute Gasteiger partial charge is 0.370 e. The molecule has 0 aliphatic carbocycles. The summed E-state index contributed by atoms with van der Waals surface area (Å²) in [6, 6.07) is 3.06. The monoisotopic (exact) mass is 314 g/mol. The highest BCUT2D eigenvalue weighted by molar-refractivity contribution is 7.89. The van der Waals surface area contributed by atoms with Gasteiger partial charge in [-0.2, -0.15) is 0 Å². The van der Waals surface area contributed by atoms with E-state index in [0.29, 0.717) is 12.4 Å². The van der Waals surface area contributed by atoms with E-state index in [1.165, 1.54) is 12.3 Å². The van der Waals surface area contributed by atoms with Crippen molar-refractivity contribution >= 4 is 15.8 Å². The van der Waals surface area contributed by atoms with Crippen LogP contribution >= 0.6 is 0 Å². The second-order valence-electron chi connectivity index (χ2n) is 5.83. The van der Waals surface area contributed by atoms with Crippen molar-refractivity contribution < 1.29 is 8.42 Å². The van der Waals surface area contributed by atoms with E-state index in [2.05, 4.69) is 15.0 Å². The summed E-state index contributed by atoms with van der Waals surface area (Å²) >= 11 is 0. The van der Waals surface area contributed by atoms with Crippen molar-refractivity contribution in [3.8, 4) is 0 Å². The van der Waals surface area contributed by atoms with Crippen molar-refractivity contribution in [2.75, 3.05) is 32.5 Å². The quantitative estimate of drug-likeness (QED) is 0.761. The van der Waals surface area contributed by atoms with Gasteiger partial charge >= 0.3 is 0 Å². The molecule has 1 aromatic heterocycles. The minimum Gasteiger partial charge on any atom is -0.370 e. The van der Waals surface area contributed by atoms with Crippen LogP contribution in [0.3, 0.4) is 0 Å². The van der Waals surface area contributed by atoms with Crippen LogP contribution in [-0.4, -0.2) is 51.0 Å². The molecule has 0 radical (unpaired) electrons. The standard InChI is InChI=1S/C14H26N4O2S/c1-6-8-15-13-10-12(7-9-16-13)21(19,20)17-11-14(2,3)18(4)5/h7,9-10,17H,6,8,11H2,1-5H3,(H,15,16). The molecule has 2 N–H and O–H groups in total. The van der Waals surface area contributed by atoms with Gasteiger partial charge in [-0.05, 0) is 40.4 Å². The summed E-state index contributed by atoms with van der Waals surface area (Å²) < 4.78 is 27.3. The number of hydrogen-bond acceptors (Lipinski definition) is 5. The summed E-state index contributed by atoms with van der Waals surface area (Å²) in [7, 11) is 0.317. The molecule has 0 unspecified atom stereocenters. The molecule has 6 nitrogen and oxygen atoms in total. The van der Waals surface area contributed by atoms with E-state index >= 15 is 0 Å². The minimum atomic E-state index is -3.53. The number of nitrogens with one attached hydrogen (secondary N) is 2. The number of nitrogens with zero attached hydrogens (tertiary/aromatic N) is 2. The lowest BCUT2D eigenvalue weighted by Crippen LogP contribution is -2.48. The van der Waals surface area contributed by atoms with Gasteiger partial charge in [0.05, 0.1) is 4.90 Å². The van der Waals surface area contributed by atoms with Crippen molar-refractivity contribution in [1.82, 2.24) is 14.6 Å². The fourth-order valence-corrected chi connectivity index (χ4v) is 2.66. The zero-order valence-electron chi connectivity index (χ0n) is 13.5. The molecule has 1 heterocycles. The van der Waals surface area contributed by atoms with Gasteiger partial charge in [0, 0.05) is 30.9 Å². The Bertz CT molecular complexity index is 556. The number of anilines is 1. The van der Waals surface area contributed by atoms with Crippen LogP contribution in [-0.2, 0) is 10.0 Å². The number of hydrogen-bond donors (Lipinski definition) is 2. The van der Waals surface area contributed by atoms with Gasteiger partial charge in [-0.3, -0.25) is 0 Å². The molecule has 0 amide bonds. The summed E-state index contributed by atoms with van der Waals surface area (Å²) in [4.78, 5) is 6.33. The first-order chi connectivity index (χ1) is 9.69. The Hall–Kier alpha value is -1.18. The first-order valence-corrected chi connectivity index (χ1v) is 8.54. The fraction of sp³-hybridized carbons (Fsp3) is 0.643. The van der Waals surface area contributed by atoms with Gasteiger partial charge in [-0.15, -0.1) is 0 Å². The second-order valence-corrected chi connectivity index (χ2v) is 7.60. The van der Waals surface area contributed by atoms with Crippen molar-refractivity contribution in [2.45, 2.75) is 37.6 Å². The smallest absolute Gasteiger partial charge is 0.240 e. The van der Waals surface area contributed by atoms with Gasteiger partial charge < -0.3 is 10.2 Å². The van der Waals surface area contributed by atoms with Gasteiger partial charge in [0.1, 0.15) is 5.82 Å². The summed E-state index contributed by atoms with van der Waals surface area (Å²) in [6.07, 6.45) is 2.46. The molecule has 0 bridgehead atoms. The van der Waals surface area contributed by atoms with E-state index < -0.39 is 10.0 Å². The van der Waals surface area contributed by atoms with Crippen molar-refractivity contribution in [1.29, 1.82) is 0 Å². The van der Waals surface area contributed by atoms with Crippen LogP contribution in [0.15, 0.2) is 23.2 Å². The highest BCUT2D eigenvalue weighted by Crippen LogP contribution is 2.14. The van der Waals surface area contributed by atoms with Gasteiger partial charge in [0.2, 0.25) is 10.0 Å². The third kappa shape index (κ3) is 5.26. The fourth-order valence-electron chi connectivity index (χ4n) is 1.44. The van der Waals surface area contributed by atoms with Crippen molar-refractivity contribution in [3.63, 3.8) is 0 Å². The van der Waals surface area contributed by atoms with Crippen LogP contribution in [0.2, 0.25) is 0 Å². The molecule has 0 saturated carbocycles. The normalized spacial score (nSPS) is 12.7. The molecule has 7 heteroatoms. The van der Waals surface area contributed by atoms with Gasteiger partial charge in [0.25, 0.3) is 0 Å². The maximum atomic E-state index is 12.3. The highest BCUT2D eigenvalue weighted by Gasteiger charge is 2.24. The highest BCUT2D eigenvalue weighted by atomic mass is 32.2. The molecule has 0 aliphatic rings. The summed E-state index contributed by atoms with van der Waals surface area (Å²) in [6.45, 7) is 7.10. The van der Waals surface area contributed by atoms with E-state index in [-0.39, 0.29) is 10.4 Å². The van der Waals surface area contributed by atoms with Crippen LogP contribution in [0.5, 0.6) is 0 Å². The Morgan fingerprint density at radius 2 is 2.00 bits per heavy atom. The van der Waals surface area contributed by atoms with Crippen LogP contribution < -0.4 is 10.0 Å². The Morgan fingerprint density at radius 1 is 1.33 bits per heavy atom. The first-order valence-electron chi connectivity index (χ1n) is 7.06. The van der Waals surface area contributed by atoms with Crippen LogP contribution in [0.4, 0.5) is 5.82 Å². The third-order valence-electron chi connectivity index (χ3n) is 3.50. The minimum absolute atomic E-state index is 0.227. The number of pyridine rings is 1. The van der Waals surface area contributed by atoms with E-state index in [1.54, 1.807) is 6.07 Å². The lowest BCUT2D eigenvalue weighted by molar-refractivity contribution is 0.199. The predicted octanol–water partition coefficient (Wildman–Crippen LogP) is 1.52. The van der Waals surface area contributed by atoms with E-state index in [4.69, 9.17) is 0 Å². The SMILES string of the molecule is CCCNc1cc(S(=O)(=O)NCC(C)(C)N(C)C)ccn1. The van der Waals surface area contributed by atoms with Gasteiger partial charge in [-0.1, -0.05) is 6.92 Å². The Labute approximate surface area is 128 Å². The Morgan fingerprint density at radius 3 is 2.57 bits per heavy atom. The Balaban J connectivity index is 2.83. The lowest BCUT2D eigenvalue weighted by Gasteiger charge is -2.32. The molecular weight excluding hydrogens is 288 g/mol. The molecule has 0 spiro atoms. The molecule has 0 fully saturated rings. The van der Waals surface area contributed by atoms with Crippen LogP contribution in [0.1, 0.15) is 27.2 Å². The molecule has 0 saturated heterocycles. The van der Waals surface area contributed by atoms with Crippen LogP contribution in [0, 0.1) is 0 Å². The van der Waals surface area contributed by atoms with Crippen LogP contribution in [0.25, 0.3) is 0 Å². The number of sulfonamides is 1. The summed E-state index contributed by atoms with van der Waals surface area (Å²) in [5.41, 5.74) is -0.261. The molecule has 120 valence electrons. The lowest BCUT2D eigenvalue weighted by atomic mass is 10.1. The topological polar surface area (TPSA) is 74.3 Å². The first kappa shape index (κ1) is 17.9. The molecule has 0 atom stereocenters. The number of likely N-dealkylation sites (N-methyl/N-ethyl adjacent to an activating group) is 1. The Kier molecular flexibility index (Phi) is 6.12. The number of aromatic nitrogens is 1. The molecule has 0 aliphatic heterocycles. The molecule has 0 aromatic carbocycles. The predicted molar refractivity (Wildman–Crippen MR) is 86.0 cm³/mol. The average Bonchev–Trinajstić information content (AvgIpc) is 2.43. The molecule has 21 heavy (non-hydrogen) atoms. The van der Waals surface area contributed by atoms with E-state index in [1.807, 2.05) is 39.8 Å². The van der Waals surface area contributed by atoms with Crippen molar-refractivity contribution in [3.05, 3.63) is 18.3 Å². The molecule has 1 aromatic rings. The van der Waals surface area contributed by atoms with E-state index in [9.17, 15) is 8.42 Å². The number of rotatable bonds is 8.